The Morgan fingerprint density at radius 1 is 1.11 bits per heavy atom. The van der Waals surface area contributed by atoms with E-state index in [2.05, 4.69) is 52.0 Å². The summed E-state index contributed by atoms with van der Waals surface area (Å²) in [7, 11) is 1.67. The molecule has 2 rings (SSSR count). The molecule has 0 aliphatic carbocycles. The maximum absolute atomic E-state index is 5.42. The van der Waals surface area contributed by atoms with Gasteiger partial charge in [0.05, 0.1) is 32.6 Å². The third kappa shape index (κ3) is 4.59. The summed E-state index contributed by atoms with van der Waals surface area (Å²) in [6.45, 7) is 2.67. The van der Waals surface area contributed by atoms with E-state index in [4.69, 9.17) is 9.47 Å². The number of hydrogen-bond donors (Lipinski definition) is 0. The molecule has 0 bridgehead atoms. The first-order chi connectivity index (χ1) is 9.29. The maximum Gasteiger partial charge on any atom is 0.0701 e. The Labute approximate surface area is 126 Å². The van der Waals surface area contributed by atoms with Crippen molar-refractivity contribution in [2.24, 2.45) is 0 Å². The van der Waals surface area contributed by atoms with Crippen LogP contribution in [0.15, 0.2) is 36.7 Å². The number of hydrogen-bond acceptors (Lipinski definition) is 3. The van der Waals surface area contributed by atoms with E-state index in [9.17, 15) is 0 Å². The molecule has 1 aromatic carbocycles. The second-order valence-corrected chi connectivity index (χ2v) is 5.35. The number of aromatic nitrogens is 2. The van der Waals surface area contributed by atoms with Gasteiger partial charge in [-0.05, 0) is 40.3 Å². The predicted molar refractivity (Wildman–Crippen MR) is 83.1 cm³/mol. The molecule has 2 aromatic rings. The van der Waals surface area contributed by atoms with Crippen molar-refractivity contribution in [3.05, 3.63) is 40.2 Å². The average molecular weight is 372 g/mol. The minimum Gasteiger partial charge on any atom is -0.382 e. The molecular formula is C14H17IN2O2. The van der Waals surface area contributed by atoms with Gasteiger partial charge in [0.2, 0.25) is 0 Å². The van der Waals surface area contributed by atoms with E-state index in [1.54, 1.807) is 7.11 Å². The Kier molecular flexibility index (Phi) is 5.81. The molecule has 5 heteroatoms. The van der Waals surface area contributed by atoms with Crippen LogP contribution in [0.5, 0.6) is 0 Å². The van der Waals surface area contributed by atoms with Gasteiger partial charge in [-0.3, -0.25) is 4.68 Å². The first-order valence-corrected chi connectivity index (χ1v) is 7.22. The standard InChI is InChI=1S/C14H17IN2O2/c1-18-8-9-19-7-6-17-11-13(10-16-17)12-2-4-14(15)5-3-12/h2-5,10-11H,6-9H2,1H3. The Morgan fingerprint density at radius 2 is 1.89 bits per heavy atom. The van der Waals surface area contributed by atoms with Crippen molar-refractivity contribution in [2.75, 3.05) is 26.9 Å². The number of benzene rings is 1. The highest BCUT2D eigenvalue weighted by Gasteiger charge is 2.01. The maximum atomic E-state index is 5.42. The number of rotatable bonds is 7. The van der Waals surface area contributed by atoms with Gasteiger partial charge in [0.1, 0.15) is 0 Å². The zero-order valence-corrected chi connectivity index (χ0v) is 13.0. The molecular weight excluding hydrogens is 355 g/mol. The summed E-state index contributed by atoms with van der Waals surface area (Å²) < 4.78 is 13.5. The molecule has 0 N–H and O–H groups in total. The minimum atomic E-state index is 0.627. The van der Waals surface area contributed by atoms with E-state index >= 15 is 0 Å². The Morgan fingerprint density at radius 3 is 2.63 bits per heavy atom. The molecule has 4 nitrogen and oxygen atoms in total. The first-order valence-electron chi connectivity index (χ1n) is 6.14. The van der Waals surface area contributed by atoms with Gasteiger partial charge in [-0.25, -0.2) is 0 Å². The fourth-order valence-corrected chi connectivity index (χ4v) is 2.04. The molecule has 0 aliphatic heterocycles. The molecule has 1 aromatic heterocycles. The van der Waals surface area contributed by atoms with Gasteiger partial charge < -0.3 is 9.47 Å². The van der Waals surface area contributed by atoms with Crippen LogP contribution >= 0.6 is 22.6 Å². The van der Waals surface area contributed by atoms with E-state index in [0.717, 1.165) is 12.1 Å². The number of methoxy groups -OCH3 is 1. The summed E-state index contributed by atoms with van der Waals surface area (Å²) in [4.78, 5) is 0. The van der Waals surface area contributed by atoms with Crippen molar-refractivity contribution in [1.82, 2.24) is 9.78 Å². The van der Waals surface area contributed by atoms with Crippen molar-refractivity contribution >= 4 is 22.6 Å². The monoisotopic (exact) mass is 372 g/mol. The van der Waals surface area contributed by atoms with Crippen molar-refractivity contribution in [3.63, 3.8) is 0 Å². The molecule has 0 atom stereocenters. The van der Waals surface area contributed by atoms with Crippen molar-refractivity contribution in [3.8, 4) is 11.1 Å². The van der Waals surface area contributed by atoms with Crippen molar-refractivity contribution in [2.45, 2.75) is 6.54 Å². The highest BCUT2D eigenvalue weighted by atomic mass is 127. The Bertz CT molecular complexity index is 496. The fraction of sp³-hybridized carbons (Fsp3) is 0.357. The fourth-order valence-electron chi connectivity index (χ4n) is 1.68. The van der Waals surface area contributed by atoms with E-state index in [1.807, 2.05) is 17.1 Å². The van der Waals surface area contributed by atoms with Crippen molar-refractivity contribution in [1.29, 1.82) is 0 Å². The van der Waals surface area contributed by atoms with E-state index in [0.29, 0.717) is 19.8 Å². The van der Waals surface area contributed by atoms with Crippen LogP contribution in [-0.2, 0) is 16.0 Å². The molecule has 0 unspecified atom stereocenters. The highest BCUT2D eigenvalue weighted by molar-refractivity contribution is 14.1. The highest BCUT2D eigenvalue weighted by Crippen LogP contribution is 2.19. The third-order valence-electron chi connectivity index (χ3n) is 2.71. The summed E-state index contributed by atoms with van der Waals surface area (Å²) in [5.41, 5.74) is 2.32. The first kappa shape index (κ1) is 14.5. The van der Waals surface area contributed by atoms with E-state index in [-0.39, 0.29) is 0 Å². The summed E-state index contributed by atoms with van der Waals surface area (Å²) in [5, 5.41) is 4.34. The normalized spacial score (nSPS) is 10.8. The minimum absolute atomic E-state index is 0.627. The average Bonchev–Trinajstić information content (AvgIpc) is 2.88. The molecule has 0 aliphatic rings. The molecule has 1 heterocycles. The quantitative estimate of drug-likeness (QED) is 0.554. The molecule has 19 heavy (non-hydrogen) atoms. The van der Waals surface area contributed by atoms with Crippen LogP contribution in [0.25, 0.3) is 11.1 Å². The lowest BCUT2D eigenvalue weighted by molar-refractivity contribution is 0.0654. The molecule has 0 saturated carbocycles. The van der Waals surface area contributed by atoms with Gasteiger partial charge in [-0.2, -0.15) is 5.10 Å². The van der Waals surface area contributed by atoms with Crippen LogP contribution < -0.4 is 0 Å². The second-order valence-electron chi connectivity index (χ2n) is 4.10. The SMILES string of the molecule is COCCOCCn1cc(-c2ccc(I)cc2)cn1. The van der Waals surface area contributed by atoms with Crippen LogP contribution in [0, 0.1) is 3.57 Å². The second kappa shape index (κ2) is 7.62. The summed E-state index contributed by atoms with van der Waals surface area (Å²) in [6, 6.07) is 8.42. The van der Waals surface area contributed by atoms with Crippen LogP contribution in [0.4, 0.5) is 0 Å². The van der Waals surface area contributed by atoms with E-state index in [1.165, 1.54) is 9.13 Å². The predicted octanol–water partition coefficient (Wildman–Crippen LogP) is 2.82. The number of ether oxygens (including phenoxy) is 2. The topological polar surface area (TPSA) is 36.3 Å². The molecule has 0 spiro atoms. The van der Waals surface area contributed by atoms with Crippen molar-refractivity contribution < 1.29 is 9.47 Å². The molecule has 0 amide bonds. The Balaban J connectivity index is 1.86. The lowest BCUT2D eigenvalue weighted by Crippen LogP contribution is -2.09. The lowest BCUT2D eigenvalue weighted by atomic mass is 10.1. The van der Waals surface area contributed by atoms with Crippen LogP contribution in [-0.4, -0.2) is 36.7 Å². The zero-order valence-electron chi connectivity index (χ0n) is 10.9. The molecule has 0 fully saturated rings. The number of nitrogens with zero attached hydrogens (tertiary/aromatic N) is 2. The summed E-state index contributed by atoms with van der Waals surface area (Å²) in [6.07, 6.45) is 3.93. The molecule has 102 valence electrons. The van der Waals surface area contributed by atoms with Crippen LogP contribution in [0.1, 0.15) is 0 Å². The summed E-state index contributed by atoms with van der Waals surface area (Å²) >= 11 is 2.30. The van der Waals surface area contributed by atoms with Gasteiger partial charge in [0, 0.05) is 22.4 Å². The van der Waals surface area contributed by atoms with Gasteiger partial charge in [0.25, 0.3) is 0 Å². The van der Waals surface area contributed by atoms with Gasteiger partial charge in [-0.15, -0.1) is 0 Å². The Hall–Kier alpha value is -0.920. The van der Waals surface area contributed by atoms with Crippen LogP contribution in [0.2, 0.25) is 0 Å². The van der Waals surface area contributed by atoms with E-state index < -0.39 is 0 Å². The van der Waals surface area contributed by atoms with Gasteiger partial charge >= 0.3 is 0 Å². The lowest BCUT2D eigenvalue weighted by Gasteiger charge is -2.03. The largest absolute Gasteiger partial charge is 0.382 e. The molecule has 0 saturated heterocycles. The summed E-state index contributed by atoms with van der Waals surface area (Å²) in [5.74, 6) is 0. The van der Waals surface area contributed by atoms with Gasteiger partial charge in [-0.1, -0.05) is 12.1 Å². The third-order valence-corrected chi connectivity index (χ3v) is 3.43. The van der Waals surface area contributed by atoms with Gasteiger partial charge in [0.15, 0.2) is 0 Å². The molecule has 0 radical (unpaired) electrons. The van der Waals surface area contributed by atoms with Crippen LogP contribution in [0.3, 0.4) is 0 Å². The smallest absolute Gasteiger partial charge is 0.0701 e. The number of halogens is 1. The zero-order chi connectivity index (χ0) is 13.5.